The molecule has 2 heterocycles. The first-order chi connectivity index (χ1) is 15.5. The fourth-order valence-corrected chi connectivity index (χ4v) is 3.63. The smallest absolute Gasteiger partial charge is 0.269 e. The Balaban J connectivity index is 1.57. The van der Waals surface area contributed by atoms with E-state index in [9.17, 15) is 15.2 Å². The van der Waals surface area contributed by atoms with Gasteiger partial charge in [0.25, 0.3) is 5.69 Å². The number of nitro benzene ring substituents is 1. The van der Waals surface area contributed by atoms with Gasteiger partial charge >= 0.3 is 0 Å². The van der Waals surface area contributed by atoms with Gasteiger partial charge in [-0.05, 0) is 65.8 Å². The van der Waals surface area contributed by atoms with Crippen molar-refractivity contribution in [2.75, 3.05) is 28.7 Å². The molecule has 0 atom stereocenters. The van der Waals surface area contributed by atoms with Gasteiger partial charge in [0.05, 0.1) is 11.1 Å². The third-order valence-electron chi connectivity index (χ3n) is 4.70. The molecule has 1 aliphatic rings. The Labute approximate surface area is 196 Å². The van der Waals surface area contributed by atoms with Crippen LogP contribution in [0.2, 0.25) is 0 Å². The monoisotopic (exact) mass is 546 g/mol. The number of nitrogens with zero attached hydrogens (tertiary/aromatic N) is 6. The Kier molecular flexibility index (Phi) is 6.58. The maximum absolute atomic E-state index is 10.9. The van der Waals surface area contributed by atoms with Gasteiger partial charge in [0, 0.05) is 40.0 Å². The van der Waals surface area contributed by atoms with Crippen LogP contribution in [0.1, 0.15) is 18.4 Å². The van der Waals surface area contributed by atoms with Crippen LogP contribution in [-0.4, -0.2) is 44.3 Å². The van der Waals surface area contributed by atoms with Crippen LogP contribution in [0.15, 0.2) is 47.6 Å². The van der Waals surface area contributed by atoms with E-state index in [1.54, 1.807) is 30.3 Å². The van der Waals surface area contributed by atoms with E-state index in [0.29, 0.717) is 17.2 Å². The largest absolute Gasteiger partial charge is 0.507 e. The minimum atomic E-state index is -0.455. The molecule has 1 saturated heterocycles. The lowest BCUT2D eigenvalue weighted by Crippen LogP contribution is -2.21. The number of nitrogens with one attached hydrogen (secondary N) is 2. The molecule has 1 aliphatic heterocycles. The molecule has 3 aromatic rings. The Morgan fingerprint density at radius 1 is 1.09 bits per heavy atom. The normalized spacial score (nSPS) is 13.5. The molecular formula is C20H19IN8O3. The molecule has 0 radical (unpaired) electrons. The van der Waals surface area contributed by atoms with E-state index < -0.39 is 4.92 Å². The second-order valence-electron chi connectivity index (χ2n) is 6.98. The molecule has 32 heavy (non-hydrogen) atoms. The summed E-state index contributed by atoms with van der Waals surface area (Å²) < 4.78 is 0.966. The van der Waals surface area contributed by atoms with Gasteiger partial charge in [0.15, 0.2) is 0 Å². The molecule has 11 nitrogen and oxygen atoms in total. The fraction of sp³-hybridized carbons (Fsp3) is 0.200. The number of rotatable bonds is 7. The first kappa shape index (κ1) is 21.7. The van der Waals surface area contributed by atoms with Gasteiger partial charge in [-0.1, -0.05) is 0 Å². The molecule has 0 spiro atoms. The molecule has 2 aromatic carbocycles. The summed E-state index contributed by atoms with van der Waals surface area (Å²) in [5.74, 6) is 1.14. The van der Waals surface area contributed by atoms with Crippen LogP contribution in [0, 0.1) is 13.7 Å². The second-order valence-corrected chi connectivity index (χ2v) is 8.22. The summed E-state index contributed by atoms with van der Waals surface area (Å²) in [6.07, 6.45) is 3.60. The van der Waals surface area contributed by atoms with E-state index >= 15 is 0 Å². The van der Waals surface area contributed by atoms with Gasteiger partial charge in [-0.3, -0.25) is 10.1 Å². The molecular weight excluding hydrogens is 527 g/mol. The highest BCUT2D eigenvalue weighted by Crippen LogP contribution is 2.23. The maximum atomic E-state index is 10.9. The predicted octanol–water partition coefficient (Wildman–Crippen LogP) is 3.88. The molecule has 0 amide bonds. The van der Waals surface area contributed by atoms with Crippen LogP contribution in [0.3, 0.4) is 0 Å². The van der Waals surface area contributed by atoms with E-state index in [0.717, 1.165) is 29.5 Å². The van der Waals surface area contributed by atoms with Crippen molar-refractivity contribution < 1.29 is 10.0 Å². The number of hydrazone groups is 1. The summed E-state index contributed by atoms with van der Waals surface area (Å²) >= 11 is 2.15. The van der Waals surface area contributed by atoms with Crippen LogP contribution in [0.25, 0.3) is 0 Å². The zero-order valence-corrected chi connectivity index (χ0v) is 18.9. The highest BCUT2D eigenvalue weighted by atomic mass is 127. The topological polar surface area (TPSA) is 142 Å². The van der Waals surface area contributed by atoms with Gasteiger partial charge < -0.3 is 15.3 Å². The van der Waals surface area contributed by atoms with Crippen molar-refractivity contribution in [3.63, 3.8) is 0 Å². The summed E-state index contributed by atoms with van der Waals surface area (Å²) in [5, 5.41) is 28.0. The quantitative estimate of drug-likeness (QED) is 0.174. The van der Waals surface area contributed by atoms with E-state index in [1.807, 2.05) is 0 Å². The van der Waals surface area contributed by atoms with Gasteiger partial charge in [-0.2, -0.15) is 20.1 Å². The number of phenolic OH excluding ortho intramolecular Hbond substituents is 1. The molecule has 3 N–H and O–H groups in total. The number of halogens is 1. The number of phenols is 1. The van der Waals surface area contributed by atoms with Crippen molar-refractivity contribution in [1.82, 2.24) is 15.0 Å². The average molecular weight is 546 g/mol. The number of non-ortho nitro benzene ring substituents is 1. The second kappa shape index (κ2) is 9.72. The summed E-state index contributed by atoms with van der Waals surface area (Å²) in [5.41, 5.74) is 3.95. The summed E-state index contributed by atoms with van der Waals surface area (Å²) in [4.78, 5) is 25.7. The first-order valence-electron chi connectivity index (χ1n) is 9.78. The average Bonchev–Trinajstić information content (AvgIpc) is 3.31. The number of aromatic nitrogens is 3. The van der Waals surface area contributed by atoms with Crippen molar-refractivity contribution in [3.05, 3.63) is 61.7 Å². The molecule has 0 bridgehead atoms. The van der Waals surface area contributed by atoms with Crippen LogP contribution >= 0.6 is 22.6 Å². The lowest BCUT2D eigenvalue weighted by molar-refractivity contribution is -0.384. The number of benzene rings is 2. The standard InChI is InChI=1S/C20H19IN8O3/c21-14-3-8-17(30)13(11-14)12-22-27-19-24-18(25-20(26-19)28-9-1-2-10-28)23-15-4-6-16(7-5-15)29(31)32/h3-8,11-12,30H,1-2,9-10H2,(H2,23,24,25,26,27)/b22-12-. The zero-order chi connectivity index (χ0) is 22.5. The Morgan fingerprint density at radius 2 is 1.81 bits per heavy atom. The number of nitro groups is 1. The third-order valence-corrected chi connectivity index (χ3v) is 5.38. The number of aromatic hydroxyl groups is 1. The van der Waals surface area contributed by atoms with Gasteiger partial charge in [0.2, 0.25) is 17.8 Å². The van der Waals surface area contributed by atoms with E-state index in [-0.39, 0.29) is 23.3 Å². The lowest BCUT2D eigenvalue weighted by Gasteiger charge is -2.16. The highest BCUT2D eigenvalue weighted by Gasteiger charge is 2.17. The molecule has 12 heteroatoms. The summed E-state index contributed by atoms with van der Waals surface area (Å²) in [6, 6.07) is 11.2. The highest BCUT2D eigenvalue weighted by molar-refractivity contribution is 14.1. The van der Waals surface area contributed by atoms with Crippen LogP contribution in [0.5, 0.6) is 5.75 Å². The molecule has 0 aliphatic carbocycles. The lowest BCUT2D eigenvalue weighted by atomic mass is 10.2. The number of anilines is 4. The molecule has 1 aromatic heterocycles. The Morgan fingerprint density at radius 3 is 2.53 bits per heavy atom. The van der Waals surface area contributed by atoms with E-state index in [2.05, 4.69) is 58.3 Å². The molecule has 4 rings (SSSR count). The van der Waals surface area contributed by atoms with E-state index in [1.165, 1.54) is 18.3 Å². The molecule has 1 fully saturated rings. The molecule has 0 unspecified atom stereocenters. The first-order valence-corrected chi connectivity index (χ1v) is 10.9. The number of hydrogen-bond acceptors (Lipinski definition) is 10. The summed E-state index contributed by atoms with van der Waals surface area (Å²) in [6.45, 7) is 1.69. The van der Waals surface area contributed by atoms with Gasteiger partial charge in [-0.15, -0.1) is 0 Å². The summed E-state index contributed by atoms with van der Waals surface area (Å²) in [7, 11) is 0. The van der Waals surface area contributed by atoms with Crippen molar-refractivity contribution >= 4 is 58.0 Å². The van der Waals surface area contributed by atoms with Gasteiger partial charge in [0.1, 0.15) is 5.75 Å². The Hall–Kier alpha value is -3.55. The van der Waals surface area contributed by atoms with Crippen molar-refractivity contribution in [2.45, 2.75) is 12.8 Å². The fourth-order valence-electron chi connectivity index (χ4n) is 3.11. The SMILES string of the molecule is O=[N+]([O-])c1ccc(Nc2nc(N/N=C\c3cc(I)ccc3O)nc(N3CCCC3)n2)cc1. The van der Waals surface area contributed by atoms with Gasteiger partial charge in [-0.25, -0.2) is 5.43 Å². The van der Waals surface area contributed by atoms with Crippen molar-refractivity contribution in [3.8, 4) is 5.75 Å². The van der Waals surface area contributed by atoms with Crippen molar-refractivity contribution in [1.29, 1.82) is 0 Å². The van der Waals surface area contributed by atoms with Crippen LogP contribution in [0.4, 0.5) is 29.2 Å². The Bertz CT molecular complexity index is 1150. The van der Waals surface area contributed by atoms with E-state index in [4.69, 9.17) is 0 Å². The number of hydrogen-bond donors (Lipinski definition) is 3. The minimum Gasteiger partial charge on any atom is -0.507 e. The molecule has 164 valence electrons. The third kappa shape index (κ3) is 5.38. The maximum Gasteiger partial charge on any atom is 0.269 e. The predicted molar refractivity (Wildman–Crippen MR) is 130 cm³/mol. The van der Waals surface area contributed by atoms with Crippen LogP contribution in [-0.2, 0) is 0 Å². The minimum absolute atomic E-state index is 0.000490. The zero-order valence-electron chi connectivity index (χ0n) is 16.8. The van der Waals surface area contributed by atoms with Crippen molar-refractivity contribution in [2.24, 2.45) is 5.10 Å². The molecule has 0 saturated carbocycles. The van der Waals surface area contributed by atoms with Crippen LogP contribution < -0.4 is 15.6 Å².